The Bertz CT molecular complexity index is 691. The Kier molecular flexibility index (Phi) is 4.16. The first-order valence-corrected chi connectivity index (χ1v) is 6.09. The van der Waals surface area contributed by atoms with Gasteiger partial charge in [-0.1, -0.05) is 23.2 Å². The zero-order chi connectivity index (χ0) is 14.7. The first-order valence-electron chi connectivity index (χ1n) is 5.34. The minimum atomic E-state index is -0.629. The van der Waals surface area contributed by atoms with E-state index in [1.807, 2.05) is 0 Å². The maximum Gasteiger partial charge on any atom is 0.294 e. The highest BCUT2D eigenvalue weighted by Gasteiger charge is 2.18. The molecule has 0 radical (unpaired) electrons. The van der Waals surface area contributed by atoms with Crippen LogP contribution in [0, 0.1) is 10.1 Å². The summed E-state index contributed by atoms with van der Waals surface area (Å²) >= 11 is 11.5. The first kappa shape index (κ1) is 14.2. The van der Waals surface area contributed by atoms with E-state index in [1.165, 1.54) is 30.6 Å². The fraction of sp³-hybridized carbons (Fsp3) is 0. The van der Waals surface area contributed by atoms with E-state index in [0.29, 0.717) is 0 Å². The third kappa shape index (κ3) is 3.04. The van der Waals surface area contributed by atoms with Crippen molar-refractivity contribution in [2.75, 3.05) is 5.32 Å². The van der Waals surface area contributed by atoms with E-state index in [-0.39, 0.29) is 27.0 Å². The summed E-state index contributed by atoms with van der Waals surface area (Å²) in [5.74, 6) is -0.567. The molecule has 6 nitrogen and oxygen atoms in total. The third-order valence-electron chi connectivity index (χ3n) is 2.42. The molecule has 0 saturated carbocycles. The predicted octanol–water partition coefficient (Wildman–Crippen LogP) is 3.55. The number of nitrogens with zero attached hydrogens (tertiary/aromatic N) is 2. The quantitative estimate of drug-likeness (QED) is 0.693. The number of amides is 1. The smallest absolute Gasteiger partial charge is 0.294 e. The van der Waals surface area contributed by atoms with Gasteiger partial charge in [-0.25, -0.2) is 0 Å². The van der Waals surface area contributed by atoms with E-state index in [9.17, 15) is 14.9 Å². The number of nitro groups is 1. The zero-order valence-corrected chi connectivity index (χ0v) is 11.4. The highest BCUT2D eigenvalue weighted by Crippen LogP contribution is 2.28. The lowest BCUT2D eigenvalue weighted by atomic mass is 10.2. The summed E-state index contributed by atoms with van der Waals surface area (Å²) in [6, 6.07) is 5.37. The van der Waals surface area contributed by atoms with Crippen molar-refractivity contribution < 1.29 is 9.72 Å². The van der Waals surface area contributed by atoms with Crippen LogP contribution in [0.3, 0.4) is 0 Å². The molecule has 1 heterocycles. The van der Waals surface area contributed by atoms with Gasteiger partial charge in [0.2, 0.25) is 0 Å². The Morgan fingerprint density at radius 2 is 2.05 bits per heavy atom. The SMILES string of the molecule is O=C(Nc1ccc(Cl)cc1[N+](=O)[O-])c1ccncc1Cl. The largest absolute Gasteiger partial charge is 0.316 e. The summed E-state index contributed by atoms with van der Waals surface area (Å²) in [7, 11) is 0. The van der Waals surface area contributed by atoms with Crippen molar-refractivity contribution in [3.63, 3.8) is 0 Å². The minimum absolute atomic E-state index is 0.0391. The highest BCUT2D eigenvalue weighted by atomic mass is 35.5. The van der Waals surface area contributed by atoms with Crippen LogP contribution in [-0.4, -0.2) is 15.8 Å². The van der Waals surface area contributed by atoms with Gasteiger partial charge >= 0.3 is 0 Å². The van der Waals surface area contributed by atoms with Gasteiger partial charge in [0, 0.05) is 23.5 Å². The average molecular weight is 312 g/mol. The molecule has 0 aliphatic heterocycles. The number of rotatable bonds is 3. The van der Waals surface area contributed by atoms with E-state index in [2.05, 4.69) is 10.3 Å². The lowest BCUT2D eigenvalue weighted by Crippen LogP contribution is -2.13. The number of carbonyl (C=O) groups is 1. The van der Waals surface area contributed by atoms with Crippen LogP contribution >= 0.6 is 23.2 Å². The Labute approximate surface area is 123 Å². The molecule has 0 atom stereocenters. The molecule has 0 aliphatic rings. The Morgan fingerprint density at radius 3 is 2.70 bits per heavy atom. The fourth-order valence-electron chi connectivity index (χ4n) is 1.51. The second-order valence-corrected chi connectivity index (χ2v) is 4.57. The molecule has 0 unspecified atom stereocenters. The number of benzene rings is 1. The fourth-order valence-corrected chi connectivity index (χ4v) is 1.88. The van der Waals surface area contributed by atoms with Crippen molar-refractivity contribution in [2.24, 2.45) is 0 Å². The normalized spacial score (nSPS) is 10.1. The molecule has 0 aliphatic carbocycles. The van der Waals surface area contributed by atoms with Crippen molar-refractivity contribution >= 4 is 40.5 Å². The summed E-state index contributed by atoms with van der Waals surface area (Å²) in [6.45, 7) is 0. The minimum Gasteiger partial charge on any atom is -0.316 e. The predicted molar refractivity (Wildman–Crippen MR) is 75.3 cm³/mol. The Hall–Kier alpha value is -2.18. The average Bonchev–Trinajstić information content (AvgIpc) is 2.41. The molecule has 20 heavy (non-hydrogen) atoms. The van der Waals surface area contributed by atoms with Crippen LogP contribution in [0.25, 0.3) is 0 Å². The van der Waals surface area contributed by atoms with Gasteiger partial charge in [-0.15, -0.1) is 0 Å². The van der Waals surface area contributed by atoms with Crippen molar-refractivity contribution in [1.82, 2.24) is 4.98 Å². The van der Waals surface area contributed by atoms with E-state index < -0.39 is 10.8 Å². The number of nitrogens with one attached hydrogen (secondary N) is 1. The van der Waals surface area contributed by atoms with Crippen LogP contribution in [0.1, 0.15) is 10.4 Å². The van der Waals surface area contributed by atoms with Crippen LogP contribution in [0.15, 0.2) is 36.7 Å². The zero-order valence-electron chi connectivity index (χ0n) is 9.84. The van der Waals surface area contributed by atoms with Crippen LogP contribution in [0.4, 0.5) is 11.4 Å². The van der Waals surface area contributed by atoms with Gasteiger partial charge in [0.25, 0.3) is 11.6 Å². The second kappa shape index (κ2) is 5.85. The van der Waals surface area contributed by atoms with Gasteiger partial charge in [0.15, 0.2) is 0 Å². The molecule has 0 spiro atoms. The summed E-state index contributed by atoms with van der Waals surface area (Å²) in [6.07, 6.45) is 2.71. The molecule has 0 saturated heterocycles. The van der Waals surface area contributed by atoms with Crippen LogP contribution in [0.5, 0.6) is 0 Å². The summed E-state index contributed by atoms with van der Waals surface area (Å²) in [5, 5.41) is 13.7. The van der Waals surface area contributed by atoms with Gasteiger partial charge in [-0.2, -0.15) is 0 Å². The summed E-state index contributed by atoms with van der Waals surface area (Å²) in [5.41, 5.74) is -0.0841. The summed E-state index contributed by atoms with van der Waals surface area (Å²) in [4.78, 5) is 26.1. The van der Waals surface area contributed by atoms with Gasteiger partial charge in [0.05, 0.1) is 15.5 Å². The molecule has 1 amide bonds. The highest BCUT2D eigenvalue weighted by molar-refractivity contribution is 6.34. The molecular formula is C12H7Cl2N3O3. The number of halogens is 2. The lowest BCUT2D eigenvalue weighted by molar-refractivity contribution is -0.383. The maximum absolute atomic E-state index is 12.0. The number of nitro benzene ring substituents is 1. The van der Waals surface area contributed by atoms with Crippen molar-refractivity contribution in [2.45, 2.75) is 0 Å². The van der Waals surface area contributed by atoms with Crippen LogP contribution < -0.4 is 5.32 Å². The van der Waals surface area contributed by atoms with Crippen LogP contribution in [-0.2, 0) is 0 Å². The van der Waals surface area contributed by atoms with Crippen molar-refractivity contribution in [3.8, 4) is 0 Å². The number of anilines is 1. The molecular weight excluding hydrogens is 305 g/mol. The van der Waals surface area contributed by atoms with Gasteiger partial charge in [0.1, 0.15) is 5.69 Å². The molecule has 1 aromatic carbocycles. The number of pyridine rings is 1. The molecule has 1 aromatic heterocycles. The van der Waals surface area contributed by atoms with E-state index in [4.69, 9.17) is 23.2 Å². The number of hydrogen-bond donors (Lipinski definition) is 1. The monoisotopic (exact) mass is 311 g/mol. The topological polar surface area (TPSA) is 85.1 Å². The van der Waals surface area contributed by atoms with E-state index >= 15 is 0 Å². The van der Waals surface area contributed by atoms with Gasteiger partial charge < -0.3 is 5.32 Å². The first-order chi connectivity index (χ1) is 9.49. The Morgan fingerprint density at radius 1 is 1.30 bits per heavy atom. The maximum atomic E-state index is 12.0. The Balaban J connectivity index is 2.33. The number of hydrogen-bond acceptors (Lipinski definition) is 4. The molecule has 8 heteroatoms. The standard InChI is InChI=1S/C12H7Cl2N3O3/c13-7-1-2-10(11(5-7)17(19)20)16-12(18)8-3-4-15-6-9(8)14/h1-6H,(H,16,18). The van der Waals surface area contributed by atoms with E-state index in [1.54, 1.807) is 0 Å². The van der Waals surface area contributed by atoms with Gasteiger partial charge in [-0.3, -0.25) is 19.9 Å². The molecule has 2 aromatic rings. The van der Waals surface area contributed by atoms with Crippen LogP contribution in [0.2, 0.25) is 10.0 Å². The number of aromatic nitrogens is 1. The second-order valence-electron chi connectivity index (χ2n) is 3.73. The lowest BCUT2D eigenvalue weighted by Gasteiger charge is -2.07. The molecule has 0 bridgehead atoms. The van der Waals surface area contributed by atoms with Gasteiger partial charge in [-0.05, 0) is 18.2 Å². The molecule has 2 rings (SSSR count). The third-order valence-corrected chi connectivity index (χ3v) is 2.96. The molecule has 1 N–H and O–H groups in total. The van der Waals surface area contributed by atoms with E-state index in [0.717, 1.165) is 6.07 Å². The van der Waals surface area contributed by atoms with Crippen molar-refractivity contribution in [3.05, 3.63) is 62.4 Å². The number of carbonyl (C=O) groups excluding carboxylic acids is 1. The molecule has 102 valence electrons. The molecule has 0 fully saturated rings. The summed E-state index contributed by atoms with van der Waals surface area (Å²) < 4.78 is 0. The van der Waals surface area contributed by atoms with Crippen molar-refractivity contribution in [1.29, 1.82) is 0 Å².